The van der Waals surface area contributed by atoms with Crippen LogP contribution in [0, 0.1) is 31.7 Å². The summed E-state index contributed by atoms with van der Waals surface area (Å²) >= 11 is 0. The number of ketones is 1. The van der Waals surface area contributed by atoms with Gasteiger partial charge in [0.05, 0.1) is 5.52 Å². The van der Waals surface area contributed by atoms with Crippen molar-refractivity contribution in [1.82, 2.24) is 4.98 Å². The minimum absolute atomic E-state index is 0. The smallest absolute Gasteiger partial charge is 0.157 e. The van der Waals surface area contributed by atoms with E-state index in [0.717, 1.165) is 65.1 Å². The second-order valence-corrected chi connectivity index (χ2v) is 15.3. The fraction of sp³-hybridized carbons (Fsp3) is 0.447. The number of pyridine rings is 1. The normalized spacial score (nSPS) is 15.3. The number of allylic oxidation sites excluding steroid dienone is 2. The van der Waals surface area contributed by atoms with Gasteiger partial charge in [0.25, 0.3) is 0 Å². The summed E-state index contributed by atoms with van der Waals surface area (Å²) in [4.78, 5) is 17.5. The number of hydrogen-bond acceptors (Lipinski definition) is 3. The van der Waals surface area contributed by atoms with E-state index in [0.29, 0.717) is 17.7 Å². The number of fused-ring (bicyclic) bond motifs is 6. The van der Waals surface area contributed by atoms with Gasteiger partial charge >= 0.3 is 0 Å². The van der Waals surface area contributed by atoms with Crippen molar-refractivity contribution in [2.24, 2.45) is 11.8 Å². The van der Waals surface area contributed by atoms with E-state index < -0.39 is 0 Å². The number of aryl methyl sites for hydroxylation is 2. The first-order valence-electron chi connectivity index (χ1n) is 19.5. The van der Waals surface area contributed by atoms with E-state index >= 15 is 0 Å². The summed E-state index contributed by atoms with van der Waals surface area (Å²) in [6.45, 7) is 17.5. The molecule has 5 aromatic rings. The maximum absolute atomic E-state index is 12.5. The Morgan fingerprint density at radius 2 is 1.60 bits per heavy atom. The molecule has 0 saturated heterocycles. The van der Waals surface area contributed by atoms with Gasteiger partial charge in [-0.2, -0.15) is 5.70 Å². The fourth-order valence-electron chi connectivity index (χ4n) is 8.60. The van der Waals surface area contributed by atoms with E-state index in [4.69, 9.17) is 14.7 Å². The molecule has 0 spiro atoms. The first-order chi connectivity index (χ1) is 24.6. The Morgan fingerprint density at radius 1 is 0.904 bits per heavy atom. The van der Waals surface area contributed by atoms with Crippen LogP contribution in [0.15, 0.2) is 76.9 Å². The molecule has 277 valence electrons. The molecule has 1 radical (unpaired) electrons. The number of para-hydroxylation sites is 1. The predicted octanol–water partition coefficient (Wildman–Crippen LogP) is 13.4. The van der Waals surface area contributed by atoms with Crippen molar-refractivity contribution in [1.29, 1.82) is 0 Å². The molecule has 1 fully saturated rings. The molecular formula is C47H56IrN2O2-2. The van der Waals surface area contributed by atoms with Gasteiger partial charge in [0.2, 0.25) is 0 Å². The second-order valence-electron chi connectivity index (χ2n) is 15.3. The van der Waals surface area contributed by atoms with Crippen LogP contribution in [0.3, 0.4) is 0 Å². The zero-order chi connectivity index (χ0) is 36.3. The van der Waals surface area contributed by atoms with Gasteiger partial charge in [-0.25, -0.2) is 0 Å². The van der Waals surface area contributed by atoms with E-state index in [9.17, 15) is 4.79 Å². The first-order valence-corrected chi connectivity index (χ1v) is 19.5. The van der Waals surface area contributed by atoms with Gasteiger partial charge in [0.15, 0.2) is 5.78 Å². The number of hydrogen-bond donors (Lipinski definition) is 0. The molecule has 52 heavy (non-hydrogen) atoms. The molecule has 0 atom stereocenters. The molecule has 2 heterocycles. The molecule has 5 heteroatoms. The average molecular weight is 873 g/mol. The predicted molar refractivity (Wildman–Crippen MR) is 214 cm³/mol. The largest absolute Gasteiger partial charge is 0.685 e. The molecule has 0 amide bonds. The summed E-state index contributed by atoms with van der Waals surface area (Å²) in [7, 11) is 0. The van der Waals surface area contributed by atoms with Crippen molar-refractivity contribution in [3.05, 3.63) is 106 Å². The summed E-state index contributed by atoms with van der Waals surface area (Å²) < 4.78 is 6.33. The molecule has 7 rings (SSSR count). The standard InChI is InChI=1S/C28H22NO.C19H35NO.Ir/c1-16-14-17(2)18-12-13-22(29-23(18)15-16)19-9-7-10-21-25(19)28(3,4)26-20-8-5-6-11-24(20)30-27(21)26;1-5-15(6-2)18(14-19(21)16(7-3)8-4)20-17-12-10-9-11-13-17;/h5-8,10-15H,1-4H3;14-17H,5-13H2,1-4H3,(H,20,21);/q-1;;/p-1. The summed E-state index contributed by atoms with van der Waals surface area (Å²) in [6, 6.07) is 25.1. The maximum atomic E-state index is 12.5. The van der Waals surface area contributed by atoms with Gasteiger partial charge < -0.3 is 9.73 Å². The molecule has 2 aliphatic carbocycles. The summed E-state index contributed by atoms with van der Waals surface area (Å²) in [5.74, 6) is 1.90. The minimum atomic E-state index is -0.191. The molecule has 3 aromatic carbocycles. The molecule has 2 aromatic heterocycles. The van der Waals surface area contributed by atoms with Crippen molar-refractivity contribution < 1.29 is 29.3 Å². The molecule has 2 aliphatic rings. The van der Waals surface area contributed by atoms with Gasteiger partial charge in [-0.3, -0.25) is 9.78 Å². The fourth-order valence-corrected chi connectivity index (χ4v) is 8.60. The Morgan fingerprint density at radius 3 is 2.29 bits per heavy atom. The van der Waals surface area contributed by atoms with Crippen LogP contribution in [0.1, 0.15) is 122 Å². The van der Waals surface area contributed by atoms with Gasteiger partial charge in [-0.1, -0.05) is 128 Å². The molecule has 4 nitrogen and oxygen atoms in total. The Kier molecular flexibility index (Phi) is 13.0. The Bertz CT molecular complexity index is 2040. The van der Waals surface area contributed by atoms with E-state index in [1.807, 2.05) is 18.2 Å². The third-order valence-corrected chi connectivity index (χ3v) is 11.5. The number of carbonyl (C=O) groups excluding carboxylic acids is 1. The summed E-state index contributed by atoms with van der Waals surface area (Å²) in [5.41, 5.74) is 11.1. The van der Waals surface area contributed by atoms with E-state index in [1.165, 1.54) is 65.1 Å². The van der Waals surface area contributed by atoms with E-state index in [2.05, 4.69) is 110 Å². The van der Waals surface area contributed by atoms with Gasteiger partial charge in [0.1, 0.15) is 11.3 Å². The Labute approximate surface area is 325 Å². The third kappa shape index (κ3) is 7.87. The van der Waals surface area contributed by atoms with Crippen LogP contribution in [-0.2, 0) is 30.3 Å². The topological polar surface area (TPSA) is 57.2 Å². The molecule has 0 unspecified atom stereocenters. The van der Waals surface area contributed by atoms with Crippen molar-refractivity contribution in [2.45, 2.75) is 125 Å². The van der Waals surface area contributed by atoms with Gasteiger partial charge in [-0.05, 0) is 73.1 Å². The number of carbonyl (C=O) groups is 1. The van der Waals surface area contributed by atoms with Crippen LogP contribution in [-0.4, -0.2) is 16.8 Å². The van der Waals surface area contributed by atoms with Crippen molar-refractivity contribution in [3.8, 4) is 22.6 Å². The molecular weight excluding hydrogens is 817 g/mol. The maximum Gasteiger partial charge on any atom is 0.157 e. The number of benzene rings is 3. The number of rotatable bonds is 10. The average Bonchev–Trinajstić information content (AvgIpc) is 3.63. The van der Waals surface area contributed by atoms with Gasteiger partial charge in [0, 0.05) is 42.4 Å². The van der Waals surface area contributed by atoms with Crippen LogP contribution in [0.5, 0.6) is 0 Å². The number of furan rings is 1. The Balaban J connectivity index is 0.000000212. The van der Waals surface area contributed by atoms with Crippen LogP contribution in [0.25, 0.3) is 49.8 Å². The molecule has 0 bridgehead atoms. The van der Waals surface area contributed by atoms with Crippen LogP contribution in [0.4, 0.5) is 0 Å². The van der Waals surface area contributed by atoms with Gasteiger partial charge in [-0.15, -0.1) is 35.4 Å². The third-order valence-electron chi connectivity index (χ3n) is 11.5. The van der Waals surface area contributed by atoms with Crippen molar-refractivity contribution in [2.75, 3.05) is 0 Å². The molecule has 0 aliphatic heterocycles. The van der Waals surface area contributed by atoms with Crippen LogP contribution in [0.2, 0.25) is 0 Å². The zero-order valence-electron chi connectivity index (χ0n) is 32.5. The monoisotopic (exact) mass is 873 g/mol. The number of aromatic nitrogens is 1. The SMILES string of the molecule is CCC(CC)C(=O)/C=C(\[N-]C1CCCCC1)C(CC)CC.Cc1cc(C)c2ccc(-c3[c-]ccc4c3C(C)(C)c3c-4oc4ccccc34)nc2c1.[Ir]. The first kappa shape index (κ1) is 39.7. The van der Waals surface area contributed by atoms with E-state index in [1.54, 1.807) is 0 Å². The van der Waals surface area contributed by atoms with E-state index in [-0.39, 0.29) is 31.4 Å². The molecule has 1 saturated carbocycles. The van der Waals surface area contributed by atoms with Crippen LogP contribution < -0.4 is 0 Å². The summed E-state index contributed by atoms with van der Waals surface area (Å²) in [5, 5.41) is 7.40. The van der Waals surface area contributed by atoms with Crippen molar-refractivity contribution >= 4 is 27.7 Å². The summed E-state index contributed by atoms with van der Waals surface area (Å²) in [6.07, 6.45) is 12.3. The number of nitrogens with zero attached hydrogens (tertiary/aromatic N) is 2. The zero-order valence-corrected chi connectivity index (χ0v) is 34.9. The van der Waals surface area contributed by atoms with Crippen molar-refractivity contribution in [3.63, 3.8) is 0 Å². The quantitative estimate of drug-likeness (QED) is 0.104. The molecule has 0 N–H and O–H groups in total. The Hall–Kier alpha value is -3.53. The second kappa shape index (κ2) is 17.1. The van der Waals surface area contributed by atoms with Crippen LogP contribution >= 0.6 is 0 Å². The minimum Gasteiger partial charge on any atom is -0.685 e.